The highest BCUT2D eigenvalue weighted by molar-refractivity contribution is 5.75. The first-order valence-electron chi connectivity index (χ1n) is 6.69. The van der Waals surface area contributed by atoms with E-state index in [1.807, 2.05) is 0 Å². The van der Waals surface area contributed by atoms with Crippen molar-refractivity contribution in [2.75, 3.05) is 13.7 Å². The van der Waals surface area contributed by atoms with E-state index in [0.29, 0.717) is 13.0 Å². The molecule has 17 heavy (non-hydrogen) atoms. The number of methoxy groups -OCH3 is 1. The summed E-state index contributed by atoms with van der Waals surface area (Å²) in [6.45, 7) is 0.643. The maximum absolute atomic E-state index is 11.7. The minimum atomic E-state index is -0.492. The zero-order valence-electron chi connectivity index (χ0n) is 10.8. The molecule has 0 heterocycles. The summed E-state index contributed by atoms with van der Waals surface area (Å²) < 4.78 is 10.4. The van der Waals surface area contributed by atoms with Crippen molar-refractivity contribution in [3.63, 3.8) is 0 Å². The summed E-state index contributed by atoms with van der Waals surface area (Å²) in [5.74, 6) is -0.243. The van der Waals surface area contributed by atoms with Crippen LogP contribution in [0.4, 0.5) is 0 Å². The third kappa shape index (κ3) is 6.03. The van der Waals surface area contributed by atoms with E-state index in [9.17, 15) is 4.79 Å². The monoisotopic (exact) mass is 243 g/mol. The molecule has 0 bridgehead atoms. The Morgan fingerprint density at radius 1 is 1.29 bits per heavy atom. The second kappa shape index (κ2) is 8.48. The minimum absolute atomic E-state index is 0.0958. The third-order valence-electron chi connectivity index (χ3n) is 3.25. The number of carbonyl (C=O) groups is 1. The Morgan fingerprint density at radius 3 is 2.53 bits per heavy atom. The number of hydrogen-bond acceptors (Lipinski definition) is 4. The van der Waals surface area contributed by atoms with Crippen molar-refractivity contribution in [2.45, 2.75) is 63.5 Å². The highest BCUT2D eigenvalue weighted by Crippen LogP contribution is 2.20. The Morgan fingerprint density at radius 2 is 1.94 bits per heavy atom. The molecule has 1 saturated carbocycles. The van der Waals surface area contributed by atoms with Crippen LogP contribution in [0.3, 0.4) is 0 Å². The summed E-state index contributed by atoms with van der Waals surface area (Å²) in [7, 11) is 1.65. The average molecular weight is 243 g/mol. The molecule has 0 spiro atoms. The number of nitrogens with two attached hydrogens (primary N) is 1. The SMILES string of the molecule is COCCCC(N)C(=O)OC1CCCCCC1. The molecular formula is C13H25NO3. The second-order valence-corrected chi connectivity index (χ2v) is 4.79. The molecule has 0 aromatic heterocycles. The topological polar surface area (TPSA) is 61.5 Å². The van der Waals surface area contributed by atoms with Crippen molar-refractivity contribution < 1.29 is 14.3 Å². The Balaban J connectivity index is 2.21. The summed E-state index contributed by atoms with van der Waals surface area (Å²) >= 11 is 0. The number of ether oxygens (including phenoxy) is 2. The van der Waals surface area contributed by atoms with Gasteiger partial charge in [0, 0.05) is 13.7 Å². The highest BCUT2D eigenvalue weighted by Gasteiger charge is 2.20. The molecule has 100 valence electrons. The van der Waals surface area contributed by atoms with Gasteiger partial charge in [-0.15, -0.1) is 0 Å². The van der Waals surface area contributed by atoms with Crippen LogP contribution in [0.25, 0.3) is 0 Å². The van der Waals surface area contributed by atoms with Gasteiger partial charge in [0.15, 0.2) is 0 Å². The normalized spacial score (nSPS) is 19.6. The van der Waals surface area contributed by atoms with Crippen LogP contribution in [0.15, 0.2) is 0 Å². The number of carbonyl (C=O) groups excluding carboxylic acids is 1. The maximum Gasteiger partial charge on any atom is 0.323 e. The Hall–Kier alpha value is -0.610. The average Bonchev–Trinajstić information content (AvgIpc) is 2.57. The molecule has 1 fully saturated rings. The van der Waals surface area contributed by atoms with Crippen LogP contribution in [0.1, 0.15) is 51.4 Å². The summed E-state index contributed by atoms with van der Waals surface area (Å²) in [4.78, 5) is 11.7. The fourth-order valence-corrected chi connectivity index (χ4v) is 2.18. The molecule has 1 unspecified atom stereocenters. The van der Waals surface area contributed by atoms with E-state index in [2.05, 4.69) is 0 Å². The van der Waals surface area contributed by atoms with Crippen molar-refractivity contribution >= 4 is 5.97 Å². The molecule has 1 rings (SSSR count). The van der Waals surface area contributed by atoms with Gasteiger partial charge in [-0.1, -0.05) is 12.8 Å². The lowest BCUT2D eigenvalue weighted by atomic mass is 10.1. The lowest BCUT2D eigenvalue weighted by Crippen LogP contribution is -2.35. The summed E-state index contributed by atoms with van der Waals surface area (Å²) in [6, 6.07) is -0.492. The molecule has 0 aliphatic heterocycles. The molecule has 1 atom stereocenters. The van der Waals surface area contributed by atoms with Crippen LogP contribution in [0, 0.1) is 0 Å². The van der Waals surface area contributed by atoms with Crippen LogP contribution in [-0.4, -0.2) is 31.8 Å². The number of hydrogen-bond donors (Lipinski definition) is 1. The van der Waals surface area contributed by atoms with Gasteiger partial charge < -0.3 is 15.2 Å². The predicted molar refractivity (Wildman–Crippen MR) is 66.7 cm³/mol. The largest absolute Gasteiger partial charge is 0.461 e. The molecule has 0 aromatic carbocycles. The molecule has 0 aromatic rings. The summed E-state index contributed by atoms with van der Waals surface area (Å²) in [5, 5.41) is 0. The fraction of sp³-hybridized carbons (Fsp3) is 0.923. The Bertz CT molecular complexity index is 213. The molecule has 1 aliphatic rings. The lowest BCUT2D eigenvalue weighted by molar-refractivity contribution is -0.151. The molecule has 0 amide bonds. The molecule has 0 radical (unpaired) electrons. The number of esters is 1. The van der Waals surface area contributed by atoms with E-state index in [1.54, 1.807) is 7.11 Å². The zero-order chi connectivity index (χ0) is 12.5. The highest BCUT2D eigenvalue weighted by atomic mass is 16.5. The van der Waals surface area contributed by atoms with Crippen molar-refractivity contribution in [1.82, 2.24) is 0 Å². The zero-order valence-corrected chi connectivity index (χ0v) is 10.8. The van der Waals surface area contributed by atoms with Gasteiger partial charge in [0.25, 0.3) is 0 Å². The van der Waals surface area contributed by atoms with Crippen molar-refractivity contribution in [1.29, 1.82) is 0 Å². The molecule has 4 nitrogen and oxygen atoms in total. The maximum atomic E-state index is 11.7. The quantitative estimate of drug-likeness (QED) is 0.440. The molecular weight excluding hydrogens is 218 g/mol. The lowest BCUT2D eigenvalue weighted by Gasteiger charge is -2.18. The van der Waals surface area contributed by atoms with Crippen LogP contribution < -0.4 is 5.73 Å². The van der Waals surface area contributed by atoms with Gasteiger partial charge in [-0.05, 0) is 38.5 Å². The van der Waals surface area contributed by atoms with Crippen LogP contribution >= 0.6 is 0 Å². The third-order valence-corrected chi connectivity index (χ3v) is 3.25. The molecule has 1 aliphatic carbocycles. The fourth-order valence-electron chi connectivity index (χ4n) is 2.18. The van der Waals surface area contributed by atoms with Crippen LogP contribution in [0.2, 0.25) is 0 Å². The Kier molecular flexibility index (Phi) is 7.21. The van der Waals surface area contributed by atoms with Crippen molar-refractivity contribution in [3.05, 3.63) is 0 Å². The number of rotatable bonds is 6. The molecule has 4 heteroatoms. The van der Waals surface area contributed by atoms with E-state index in [-0.39, 0.29) is 12.1 Å². The van der Waals surface area contributed by atoms with Crippen LogP contribution in [0.5, 0.6) is 0 Å². The van der Waals surface area contributed by atoms with Crippen molar-refractivity contribution in [2.24, 2.45) is 5.73 Å². The van der Waals surface area contributed by atoms with Crippen LogP contribution in [-0.2, 0) is 14.3 Å². The minimum Gasteiger partial charge on any atom is -0.461 e. The van der Waals surface area contributed by atoms with E-state index in [1.165, 1.54) is 12.8 Å². The smallest absolute Gasteiger partial charge is 0.323 e. The summed E-state index contributed by atoms with van der Waals surface area (Å²) in [5.41, 5.74) is 5.78. The first-order valence-corrected chi connectivity index (χ1v) is 6.69. The predicted octanol–water partition coefficient (Wildman–Crippen LogP) is 2.01. The van der Waals surface area contributed by atoms with Gasteiger partial charge in [0.1, 0.15) is 12.1 Å². The molecule has 0 saturated heterocycles. The van der Waals surface area contributed by atoms with Gasteiger partial charge in [-0.3, -0.25) is 4.79 Å². The second-order valence-electron chi connectivity index (χ2n) is 4.79. The first-order chi connectivity index (χ1) is 8.24. The Labute approximate surface area is 104 Å². The van der Waals surface area contributed by atoms with Gasteiger partial charge in [0.2, 0.25) is 0 Å². The van der Waals surface area contributed by atoms with E-state index < -0.39 is 6.04 Å². The van der Waals surface area contributed by atoms with Gasteiger partial charge in [0.05, 0.1) is 0 Å². The van der Waals surface area contributed by atoms with E-state index in [4.69, 9.17) is 15.2 Å². The first kappa shape index (κ1) is 14.5. The summed E-state index contributed by atoms with van der Waals surface area (Å²) in [6.07, 6.45) is 8.37. The standard InChI is InChI=1S/C13H25NO3/c1-16-10-6-9-12(14)13(15)17-11-7-4-2-3-5-8-11/h11-12H,2-10,14H2,1H3. The van der Waals surface area contributed by atoms with Crippen molar-refractivity contribution in [3.8, 4) is 0 Å². The van der Waals surface area contributed by atoms with E-state index in [0.717, 1.165) is 32.1 Å². The van der Waals surface area contributed by atoms with Gasteiger partial charge >= 0.3 is 5.97 Å². The van der Waals surface area contributed by atoms with Gasteiger partial charge in [-0.2, -0.15) is 0 Å². The molecule has 2 N–H and O–H groups in total. The van der Waals surface area contributed by atoms with E-state index >= 15 is 0 Å². The van der Waals surface area contributed by atoms with Gasteiger partial charge in [-0.25, -0.2) is 0 Å².